The Morgan fingerprint density at radius 2 is 1.83 bits per heavy atom. The number of anilines is 1. The normalized spacial score (nSPS) is 18.5. The molecule has 1 aliphatic rings. The molecule has 3 aromatic rings. The predicted molar refractivity (Wildman–Crippen MR) is 134 cm³/mol. The summed E-state index contributed by atoms with van der Waals surface area (Å²) in [6.07, 6.45) is -0.691. The van der Waals surface area contributed by atoms with E-state index in [9.17, 15) is 18.0 Å². The molecule has 2 aromatic carbocycles. The quantitative estimate of drug-likeness (QED) is 0.386. The van der Waals surface area contributed by atoms with Crippen molar-refractivity contribution in [1.82, 2.24) is 10.3 Å². The summed E-state index contributed by atoms with van der Waals surface area (Å²) < 4.78 is 40.0. The highest BCUT2D eigenvalue weighted by Gasteiger charge is 2.33. The highest BCUT2D eigenvalue weighted by Crippen LogP contribution is 2.34. The number of carbonyl (C=O) groups excluding carboxylic acids is 1. The van der Waals surface area contributed by atoms with Gasteiger partial charge in [0.2, 0.25) is 5.91 Å². The Hall–Kier alpha value is -2.80. The number of amides is 1. The topological polar surface area (TPSA) is 54.0 Å². The summed E-state index contributed by atoms with van der Waals surface area (Å²) in [4.78, 5) is 16.3. The number of carbonyl (C=O) groups is 1. The van der Waals surface area contributed by atoms with Gasteiger partial charge < -0.3 is 10.6 Å². The minimum Gasteiger partial charge on any atom is -0.384 e. The maximum absolute atomic E-state index is 13.3. The molecule has 0 aliphatic heterocycles. The average Bonchev–Trinajstić information content (AvgIpc) is 2.80. The van der Waals surface area contributed by atoms with Crippen molar-refractivity contribution in [3.8, 4) is 0 Å². The van der Waals surface area contributed by atoms with Gasteiger partial charge in [0, 0.05) is 28.7 Å². The second-order valence-corrected chi connectivity index (χ2v) is 9.85. The number of rotatable bonds is 6. The fourth-order valence-electron chi connectivity index (χ4n) is 4.71. The van der Waals surface area contributed by atoms with Crippen LogP contribution in [0.2, 0.25) is 5.02 Å². The van der Waals surface area contributed by atoms with E-state index in [2.05, 4.69) is 15.6 Å². The largest absolute Gasteiger partial charge is 0.433 e. The Morgan fingerprint density at radius 3 is 2.54 bits per heavy atom. The van der Waals surface area contributed by atoms with Crippen molar-refractivity contribution in [2.75, 3.05) is 11.9 Å². The minimum atomic E-state index is -4.53. The van der Waals surface area contributed by atoms with Crippen LogP contribution in [0.1, 0.15) is 48.1 Å². The molecule has 0 unspecified atom stereocenters. The Morgan fingerprint density at radius 1 is 1.09 bits per heavy atom. The number of halogens is 4. The standard InChI is InChI=1S/C27H29ClF3N3O/c1-16-4-3-5-19(17(16)2)12-26(35)33-21-9-6-18(7-10-21)15-32-24-14-25(27(29,30)31)34-23-11-8-20(28)13-22(23)24/h3-5,8,11,13-14,18,21H,6-7,9-10,12,15H2,1-2H3,(H,32,34)(H,33,35)/t18-,21+. The van der Waals surface area contributed by atoms with Gasteiger partial charge in [0.15, 0.2) is 0 Å². The summed E-state index contributed by atoms with van der Waals surface area (Å²) in [6, 6.07) is 11.9. The number of aromatic nitrogens is 1. The van der Waals surface area contributed by atoms with Gasteiger partial charge in [0.25, 0.3) is 0 Å². The highest BCUT2D eigenvalue weighted by atomic mass is 35.5. The molecule has 1 saturated carbocycles. The first-order valence-electron chi connectivity index (χ1n) is 11.9. The minimum absolute atomic E-state index is 0.0279. The average molecular weight is 504 g/mol. The Kier molecular flexibility index (Phi) is 7.55. The fraction of sp³-hybridized carbons (Fsp3) is 0.407. The first-order valence-corrected chi connectivity index (χ1v) is 12.2. The monoisotopic (exact) mass is 503 g/mol. The third-order valence-corrected chi connectivity index (χ3v) is 7.16. The maximum Gasteiger partial charge on any atom is 0.433 e. The summed E-state index contributed by atoms with van der Waals surface area (Å²) in [5, 5.41) is 7.38. The van der Waals surface area contributed by atoms with E-state index in [0.29, 0.717) is 35.0 Å². The molecule has 1 fully saturated rings. The number of hydrogen-bond acceptors (Lipinski definition) is 3. The molecule has 186 valence electrons. The van der Waals surface area contributed by atoms with Crippen molar-refractivity contribution < 1.29 is 18.0 Å². The van der Waals surface area contributed by atoms with Crippen molar-refractivity contribution in [2.24, 2.45) is 5.92 Å². The molecule has 1 aromatic heterocycles. The van der Waals surface area contributed by atoms with E-state index in [-0.39, 0.29) is 17.5 Å². The Balaban J connectivity index is 1.34. The zero-order chi connectivity index (χ0) is 25.2. The van der Waals surface area contributed by atoms with E-state index in [0.717, 1.165) is 42.9 Å². The molecule has 2 N–H and O–H groups in total. The van der Waals surface area contributed by atoms with Crippen LogP contribution in [0.15, 0.2) is 42.5 Å². The summed E-state index contributed by atoms with van der Waals surface area (Å²) in [5.41, 5.74) is 3.08. The number of benzene rings is 2. The van der Waals surface area contributed by atoms with Crippen LogP contribution in [-0.4, -0.2) is 23.5 Å². The van der Waals surface area contributed by atoms with Crippen LogP contribution in [0, 0.1) is 19.8 Å². The number of nitrogens with zero attached hydrogens (tertiary/aromatic N) is 1. The lowest BCUT2D eigenvalue weighted by Gasteiger charge is -2.29. The van der Waals surface area contributed by atoms with Crippen molar-refractivity contribution in [3.05, 3.63) is 69.9 Å². The molecule has 0 saturated heterocycles. The fourth-order valence-corrected chi connectivity index (χ4v) is 4.88. The lowest BCUT2D eigenvalue weighted by molar-refractivity contribution is -0.140. The Bertz CT molecular complexity index is 1220. The molecule has 35 heavy (non-hydrogen) atoms. The molecule has 4 nitrogen and oxygen atoms in total. The van der Waals surface area contributed by atoms with Crippen LogP contribution in [0.25, 0.3) is 10.9 Å². The van der Waals surface area contributed by atoms with Crippen LogP contribution in [-0.2, 0) is 17.4 Å². The molecule has 0 radical (unpaired) electrons. The zero-order valence-corrected chi connectivity index (χ0v) is 20.6. The maximum atomic E-state index is 13.3. The molecule has 0 spiro atoms. The van der Waals surface area contributed by atoms with Gasteiger partial charge in [-0.3, -0.25) is 4.79 Å². The van der Waals surface area contributed by atoms with Crippen LogP contribution in [0.3, 0.4) is 0 Å². The van der Waals surface area contributed by atoms with Gasteiger partial charge in [0.05, 0.1) is 11.9 Å². The molecule has 0 atom stereocenters. The van der Waals surface area contributed by atoms with Gasteiger partial charge in [-0.25, -0.2) is 4.98 Å². The summed E-state index contributed by atoms with van der Waals surface area (Å²) in [6.45, 7) is 4.62. The van der Waals surface area contributed by atoms with Crippen molar-refractivity contribution in [2.45, 2.75) is 58.2 Å². The van der Waals surface area contributed by atoms with Crippen molar-refractivity contribution >= 4 is 34.1 Å². The van der Waals surface area contributed by atoms with Crippen LogP contribution < -0.4 is 10.6 Å². The third-order valence-electron chi connectivity index (χ3n) is 6.92. The molecular weight excluding hydrogens is 475 g/mol. The number of aryl methyl sites for hydroxylation is 1. The van der Waals surface area contributed by atoms with E-state index in [1.165, 1.54) is 17.7 Å². The number of nitrogens with one attached hydrogen (secondary N) is 2. The van der Waals surface area contributed by atoms with E-state index < -0.39 is 11.9 Å². The zero-order valence-electron chi connectivity index (χ0n) is 19.8. The van der Waals surface area contributed by atoms with Crippen molar-refractivity contribution in [3.63, 3.8) is 0 Å². The third kappa shape index (κ3) is 6.26. The van der Waals surface area contributed by atoms with Gasteiger partial charge in [-0.1, -0.05) is 29.8 Å². The molecule has 8 heteroatoms. The summed E-state index contributed by atoms with van der Waals surface area (Å²) in [7, 11) is 0. The number of hydrogen-bond donors (Lipinski definition) is 2. The first kappa shape index (κ1) is 25.3. The van der Waals surface area contributed by atoms with Crippen LogP contribution in [0.5, 0.6) is 0 Å². The lowest BCUT2D eigenvalue weighted by atomic mass is 9.85. The summed E-state index contributed by atoms with van der Waals surface area (Å²) in [5.74, 6) is 0.332. The molecule has 4 rings (SSSR count). The second kappa shape index (κ2) is 10.4. The molecule has 0 bridgehead atoms. The molecule has 1 aliphatic carbocycles. The van der Waals surface area contributed by atoms with E-state index in [4.69, 9.17) is 11.6 Å². The highest BCUT2D eigenvalue weighted by molar-refractivity contribution is 6.31. The van der Waals surface area contributed by atoms with Crippen molar-refractivity contribution in [1.29, 1.82) is 0 Å². The number of pyridine rings is 1. The van der Waals surface area contributed by atoms with Gasteiger partial charge in [0.1, 0.15) is 5.69 Å². The van der Waals surface area contributed by atoms with Gasteiger partial charge in [-0.05, 0) is 86.4 Å². The van der Waals surface area contributed by atoms with E-state index >= 15 is 0 Å². The van der Waals surface area contributed by atoms with Gasteiger partial charge in [-0.2, -0.15) is 13.2 Å². The molecule has 1 amide bonds. The first-order chi connectivity index (χ1) is 16.6. The number of alkyl halides is 3. The van der Waals surface area contributed by atoms with Crippen LogP contribution >= 0.6 is 11.6 Å². The van der Waals surface area contributed by atoms with Gasteiger partial charge in [-0.15, -0.1) is 0 Å². The number of fused-ring (bicyclic) bond motifs is 1. The summed E-state index contributed by atoms with van der Waals surface area (Å²) >= 11 is 6.08. The second-order valence-electron chi connectivity index (χ2n) is 9.42. The van der Waals surface area contributed by atoms with E-state index in [1.807, 2.05) is 32.0 Å². The SMILES string of the molecule is Cc1cccc(CC(=O)N[C@H]2CC[C@@H](CNc3cc(C(F)(F)F)nc4ccc(Cl)cc34)CC2)c1C. The Labute approximate surface area is 208 Å². The predicted octanol–water partition coefficient (Wildman–Crippen LogP) is 6.85. The lowest BCUT2D eigenvalue weighted by Crippen LogP contribution is -2.39. The molecule has 1 heterocycles. The van der Waals surface area contributed by atoms with E-state index in [1.54, 1.807) is 6.07 Å². The molecular formula is C27H29ClF3N3O. The van der Waals surface area contributed by atoms with Crippen LogP contribution in [0.4, 0.5) is 18.9 Å². The smallest absolute Gasteiger partial charge is 0.384 e. The van der Waals surface area contributed by atoms with Gasteiger partial charge >= 0.3 is 6.18 Å².